The molecule has 0 bridgehead atoms. The molecular weight excluding hydrogens is 417 g/mol. The van der Waals surface area contributed by atoms with Crippen molar-refractivity contribution in [2.24, 2.45) is 5.92 Å². The highest BCUT2D eigenvalue weighted by atomic mass is 35.5. The Balaban J connectivity index is 1.84. The summed E-state index contributed by atoms with van der Waals surface area (Å²) >= 11 is 6.04. The molecule has 1 fully saturated rings. The Bertz CT molecular complexity index is 902. The third kappa shape index (κ3) is 5.83. The number of rotatable bonds is 7. The van der Waals surface area contributed by atoms with Gasteiger partial charge in [-0.1, -0.05) is 35.9 Å². The largest absolute Gasteiger partial charge is 0.349 e. The van der Waals surface area contributed by atoms with E-state index in [0.717, 1.165) is 24.1 Å². The monoisotopic (exact) mass is 445 g/mol. The van der Waals surface area contributed by atoms with Gasteiger partial charge in [0.1, 0.15) is 5.82 Å². The molecule has 1 aliphatic rings. The van der Waals surface area contributed by atoms with Gasteiger partial charge in [-0.3, -0.25) is 9.59 Å². The van der Waals surface area contributed by atoms with Crippen molar-refractivity contribution in [1.82, 2.24) is 15.1 Å². The molecule has 1 saturated heterocycles. The number of nitrogens with zero attached hydrogens (tertiary/aromatic N) is 2. The number of nitrogens with one attached hydrogen (secondary N) is 1. The fourth-order valence-electron chi connectivity index (χ4n) is 4.11. The van der Waals surface area contributed by atoms with Crippen molar-refractivity contribution in [2.75, 3.05) is 27.7 Å². The molecule has 5 nitrogen and oxygen atoms in total. The molecule has 0 spiro atoms. The van der Waals surface area contributed by atoms with E-state index < -0.39 is 12.0 Å². The molecule has 3 rings (SSSR count). The van der Waals surface area contributed by atoms with E-state index in [4.69, 9.17) is 11.6 Å². The van der Waals surface area contributed by atoms with Crippen molar-refractivity contribution in [2.45, 2.75) is 31.3 Å². The zero-order valence-electron chi connectivity index (χ0n) is 18.1. The van der Waals surface area contributed by atoms with Crippen LogP contribution < -0.4 is 5.32 Å². The summed E-state index contributed by atoms with van der Waals surface area (Å²) in [7, 11) is 5.69. The average molecular weight is 446 g/mol. The second-order valence-electron chi connectivity index (χ2n) is 8.35. The van der Waals surface area contributed by atoms with Crippen LogP contribution in [0.1, 0.15) is 42.5 Å². The van der Waals surface area contributed by atoms with E-state index in [9.17, 15) is 14.0 Å². The number of carbonyl (C=O) groups excluding carboxylic acids is 2. The van der Waals surface area contributed by atoms with Crippen molar-refractivity contribution in [3.05, 3.63) is 70.5 Å². The van der Waals surface area contributed by atoms with Gasteiger partial charge in [0.05, 0.1) is 18.0 Å². The normalized spacial score (nSPS) is 20.1. The maximum Gasteiger partial charge on any atom is 0.226 e. The van der Waals surface area contributed by atoms with Gasteiger partial charge in [-0.05, 0) is 68.9 Å². The Morgan fingerprint density at radius 2 is 1.84 bits per heavy atom. The summed E-state index contributed by atoms with van der Waals surface area (Å²) in [5, 5.41) is 3.85. The lowest BCUT2D eigenvalue weighted by Crippen LogP contribution is -2.47. The van der Waals surface area contributed by atoms with E-state index in [1.54, 1.807) is 24.1 Å². The minimum Gasteiger partial charge on any atom is -0.349 e. The van der Waals surface area contributed by atoms with Crippen LogP contribution in [0, 0.1) is 11.7 Å². The molecular formula is C24H29ClFN3O2. The van der Waals surface area contributed by atoms with Crippen molar-refractivity contribution >= 4 is 23.4 Å². The zero-order valence-corrected chi connectivity index (χ0v) is 18.9. The lowest BCUT2D eigenvalue weighted by Gasteiger charge is -2.39. The fourth-order valence-corrected chi connectivity index (χ4v) is 4.24. The Kier molecular flexibility index (Phi) is 7.68. The van der Waals surface area contributed by atoms with Crippen LogP contribution in [-0.4, -0.2) is 49.3 Å². The predicted molar refractivity (Wildman–Crippen MR) is 120 cm³/mol. The van der Waals surface area contributed by atoms with Crippen molar-refractivity contribution in [1.29, 1.82) is 0 Å². The number of hydrogen-bond donors (Lipinski definition) is 1. The van der Waals surface area contributed by atoms with Crippen LogP contribution in [0.5, 0.6) is 0 Å². The molecule has 0 aliphatic carbocycles. The highest BCUT2D eigenvalue weighted by Gasteiger charge is 2.39. The molecule has 0 radical (unpaired) electrons. The summed E-state index contributed by atoms with van der Waals surface area (Å²) < 4.78 is 13.4. The minimum absolute atomic E-state index is 0.0137. The minimum atomic E-state index is -0.429. The summed E-state index contributed by atoms with van der Waals surface area (Å²) in [5.41, 5.74) is 1.74. The van der Waals surface area contributed by atoms with E-state index in [2.05, 4.69) is 10.2 Å². The van der Waals surface area contributed by atoms with Gasteiger partial charge < -0.3 is 15.1 Å². The third-order valence-corrected chi connectivity index (χ3v) is 6.12. The molecule has 3 unspecified atom stereocenters. The maximum atomic E-state index is 13.4. The first-order valence-corrected chi connectivity index (χ1v) is 10.9. The lowest BCUT2D eigenvalue weighted by molar-refractivity contribution is -0.142. The van der Waals surface area contributed by atoms with E-state index in [-0.39, 0.29) is 23.7 Å². The maximum absolute atomic E-state index is 13.4. The van der Waals surface area contributed by atoms with Gasteiger partial charge in [-0.15, -0.1) is 0 Å². The Morgan fingerprint density at radius 3 is 2.45 bits per heavy atom. The number of hydrogen-bond acceptors (Lipinski definition) is 3. The third-order valence-electron chi connectivity index (χ3n) is 5.86. The quantitative estimate of drug-likeness (QED) is 0.695. The smallest absolute Gasteiger partial charge is 0.226 e. The standard InChI is InChI=1S/C24H29ClFN3O2/c1-28(2)15-14-21(16-4-8-18(25)9-5-16)27-24(31)20-12-13-22(30)29(3)23(20)17-6-10-19(26)11-7-17/h4-11,20-21,23H,12-15H2,1-3H3,(H,27,31). The van der Waals surface area contributed by atoms with Crippen LogP contribution in [0.2, 0.25) is 5.02 Å². The van der Waals surface area contributed by atoms with Crippen molar-refractivity contribution in [3.63, 3.8) is 0 Å². The van der Waals surface area contributed by atoms with Crippen LogP contribution in [0.3, 0.4) is 0 Å². The van der Waals surface area contributed by atoms with Gasteiger partial charge in [0.25, 0.3) is 0 Å². The predicted octanol–water partition coefficient (Wildman–Crippen LogP) is 4.20. The number of amides is 2. The Morgan fingerprint density at radius 1 is 1.19 bits per heavy atom. The van der Waals surface area contributed by atoms with Gasteiger partial charge in [0.2, 0.25) is 11.8 Å². The van der Waals surface area contributed by atoms with Gasteiger partial charge in [0.15, 0.2) is 0 Å². The lowest BCUT2D eigenvalue weighted by atomic mass is 9.83. The SMILES string of the molecule is CN(C)CCC(NC(=O)C1CCC(=O)N(C)C1c1ccc(F)cc1)c1ccc(Cl)cc1. The molecule has 2 aromatic rings. The molecule has 1 N–H and O–H groups in total. The molecule has 2 amide bonds. The van der Waals surface area contributed by atoms with E-state index in [1.807, 2.05) is 38.4 Å². The van der Waals surface area contributed by atoms with Crippen LogP contribution in [0.15, 0.2) is 48.5 Å². The van der Waals surface area contributed by atoms with Gasteiger partial charge in [-0.25, -0.2) is 4.39 Å². The highest BCUT2D eigenvalue weighted by molar-refractivity contribution is 6.30. The first kappa shape index (κ1) is 23.2. The summed E-state index contributed by atoms with van der Waals surface area (Å²) in [4.78, 5) is 29.5. The summed E-state index contributed by atoms with van der Waals surface area (Å²) in [6.07, 6.45) is 1.51. The topological polar surface area (TPSA) is 52.7 Å². The molecule has 0 aromatic heterocycles. The van der Waals surface area contributed by atoms with Crippen LogP contribution >= 0.6 is 11.6 Å². The van der Waals surface area contributed by atoms with Gasteiger partial charge in [-0.2, -0.15) is 0 Å². The number of benzene rings is 2. The average Bonchev–Trinajstić information content (AvgIpc) is 2.74. The molecule has 31 heavy (non-hydrogen) atoms. The summed E-state index contributed by atoms with van der Waals surface area (Å²) in [5.74, 6) is -0.879. The first-order chi connectivity index (χ1) is 14.8. The van der Waals surface area contributed by atoms with Crippen LogP contribution in [-0.2, 0) is 9.59 Å². The van der Waals surface area contributed by atoms with E-state index in [0.29, 0.717) is 17.9 Å². The molecule has 1 aliphatic heterocycles. The first-order valence-electron chi connectivity index (χ1n) is 10.5. The number of likely N-dealkylation sites (tertiary alicyclic amines) is 1. The highest BCUT2D eigenvalue weighted by Crippen LogP contribution is 2.36. The molecule has 3 atom stereocenters. The van der Waals surface area contributed by atoms with Crippen molar-refractivity contribution in [3.8, 4) is 0 Å². The summed E-state index contributed by atoms with van der Waals surface area (Å²) in [6, 6.07) is 12.9. The second-order valence-corrected chi connectivity index (χ2v) is 8.79. The Hall–Kier alpha value is -2.44. The van der Waals surface area contributed by atoms with E-state index in [1.165, 1.54) is 12.1 Å². The number of carbonyl (C=O) groups is 2. The molecule has 166 valence electrons. The number of halogens is 2. The van der Waals surface area contributed by atoms with Crippen LogP contribution in [0.4, 0.5) is 4.39 Å². The molecule has 1 heterocycles. The number of piperidine rings is 1. The second kappa shape index (κ2) is 10.2. The summed E-state index contributed by atoms with van der Waals surface area (Å²) in [6.45, 7) is 0.804. The van der Waals surface area contributed by atoms with Crippen molar-refractivity contribution < 1.29 is 14.0 Å². The van der Waals surface area contributed by atoms with Gasteiger partial charge in [0, 0.05) is 18.5 Å². The van der Waals surface area contributed by atoms with E-state index >= 15 is 0 Å². The molecule has 0 saturated carbocycles. The fraction of sp³-hybridized carbons (Fsp3) is 0.417. The molecule has 7 heteroatoms. The zero-order chi connectivity index (χ0) is 22.5. The molecule has 2 aromatic carbocycles. The van der Waals surface area contributed by atoms with Gasteiger partial charge >= 0.3 is 0 Å². The Labute approximate surface area is 188 Å². The van der Waals surface area contributed by atoms with Crippen LogP contribution in [0.25, 0.3) is 0 Å².